The third-order valence-electron chi connectivity index (χ3n) is 4.43. The van der Waals surface area contributed by atoms with Crippen molar-refractivity contribution in [2.75, 3.05) is 13.1 Å². The number of amides is 3. The molecule has 0 aliphatic carbocycles. The van der Waals surface area contributed by atoms with E-state index in [1.807, 2.05) is 18.2 Å². The van der Waals surface area contributed by atoms with Crippen molar-refractivity contribution >= 4 is 11.9 Å². The van der Waals surface area contributed by atoms with Crippen LogP contribution in [0.2, 0.25) is 0 Å². The predicted molar refractivity (Wildman–Crippen MR) is 76.3 cm³/mol. The Morgan fingerprint density at radius 2 is 2.00 bits per heavy atom. The minimum absolute atomic E-state index is 0.00719. The average Bonchev–Trinajstić information content (AvgIpc) is 3.03. The molecule has 2 aliphatic rings. The van der Waals surface area contributed by atoms with Crippen molar-refractivity contribution in [2.24, 2.45) is 0 Å². The maximum absolute atomic E-state index is 12.2. The second kappa shape index (κ2) is 5.27. The van der Waals surface area contributed by atoms with Crippen molar-refractivity contribution in [3.05, 3.63) is 35.9 Å². The van der Waals surface area contributed by atoms with Gasteiger partial charge in [-0.15, -0.1) is 0 Å². The van der Waals surface area contributed by atoms with Gasteiger partial charge in [0.2, 0.25) is 0 Å². The van der Waals surface area contributed by atoms with Gasteiger partial charge in [-0.25, -0.2) is 4.79 Å². The fourth-order valence-corrected chi connectivity index (χ4v) is 3.16. The molecule has 0 saturated carbocycles. The van der Waals surface area contributed by atoms with Gasteiger partial charge in [0, 0.05) is 13.1 Å². The van der Waals surface area contributed by atoms with Crippen LogP contribution in [-0.4, -0.2) is 40.9 Å². The SMILES string of the molecule is C[C@@H](CCN1C(=O)[C@H]2CCCN2C1=O)c1ccccc1. The maximum atomic E-state index is 12.2. The van der Waals surface area contributed by atoms with Crippen LogP contribution in [-0.2, 0) is 4.79 Å². The summed E-state index contributed by atoms with van der Waals surface area (Å²) >= 11 is 0. The molecule has 0 spiro atoms. The van der Waals surface area contributed by atoms with Crippen molar-refractivity contribution < 1.29 is 9.59 Å². The minimum atomic E-state index is -0.172. The molecule has 3 rings (SSSR count). The first-order valence-corrected chi connectivity index (χ1v) is 7.35. The van der Waals surface area contributed by atoms with Crippen LogP contribution in [0.15, 0.2) is 30.3 Å². The third kappa shape index (κ3) is 2.19. The molecule has 2 heterocycles. The Balaban J connectivity index is 1.62. The Morgan fingerprint density at radius 1 is 1.25 bits per heavy atom. The second-order valence-electron chi connectivity index (χ2n) is 5.72. The molecule has 4 heteroatoms. The lowest BCUT2D eigenvalue weighted by Crippen LogP contribution is -2.34. The maximum Gasteiger partial charge on any atom is 0.327 e. The highest BCUT2D eigenvalue weighted by molar-refractivity contribution is 6.04. The number of fused-ring (bicyclic) bond motifs is 1. The van der Waals surface area contributed by atoms with E-state index < -0.39 is 0 Å². The van der Waals surface area contributed by atoms with Crippen LogP contribution >= 0.6 is 0 Å². The first-order chi connectivity index (χ1) is 9.68. The fourth-order valence-electron chi connectivity index (χ4n) is 3.16. The van der Waals surface area contributed by atoms with E-state index in [4.69, 9.17) is 0 Å². The first kappa shape index (κ1) is 13.2. The number of rotatable bonds is 4. The van der Waals surface area contributed by atoms with Crippen LogP contribution in [0.5, 0.6) is 0 Å². The molecule has 2 atom stereocenters. The summed E-state index contributed by atoms with van der Waals surface area (Å²) in [5.74, 6) is 0.361. The summed E-state index contributed by atoms with van der Waals surface area (Å²) < 4.78 is 0. The Labute approximate surface area is 119 Å². The number of urea groups is 1. The topological polar surface area (TPSA) is 40.6 Å². The molecular formula is C16H20N2O2. The van der Waals surface area contributed by atoms with E-state index in [0.717, 1.165) is 25.8 Å². The summed E-state index contributed by atoms with van der Waals surface area (Å²) in [6.07, 6.45) is 2.60. The van der Waals surface area contributed by atoms with Crippen LogP contribution in [0.1, 0.15) is 37.7 Å². The zero-order valence-electron chi connectivity index (χ0n) is 11.8. The van der Waals surface area contributed by atoms with Crippen LogP contribution in [0.25, 0.3) is 0 Å². The summed E-state index contributed by atoms with van der Waals surface area (Å²) in [5, 5.41) is 0. The molecule has 1 aromatic rings. The number of nitrogens with zero attached hydrogens (tertiary/aromatic N) is 2. The Hall–Kier alpha value is -1.84. The van der Waals surface area contributed by atoms with Gasteiger partial charge < -0.3 is 4.90 Å². The molecule has 2 aliphatic heterocycles. The molecule has 0 bridgehead atoms. The lowest BCUT2D eigenvalue weighted by Gasteiger charge is -2.18. The molecule has 3 amide bonds. The van der Waals surface area contributed by atoms with E-state index >= 15 is 0 Å². The summed E-state index contributed by atoms with van der Waals surface area (Å²) in [5.41, 5.74) is 1.26. The van der Waals surface area contributed by atoms with Gasteiger partial charge in [-0.3, -0.25) is 9.69 Å². The van der Waals surface area contributed by atoms with Gasteiger partial charge in [-0.2, -0.15) is 0 Å². The van der Waals surface area contributed by atoms with Crippen molar-refractivity contribution in [3.8, 4) is 0 Å². The number of benzene rings is 1. The van der Waals surface area contributed by atoms with Gasteiger partial charge in [0.1, 0.15) is 6.04 Å². The summed E-state index contributed by atoms with van der Waals surface area (Å²) in [6.45, 7) is 3.40. The molecule has 2 fully saturated rings. The highest BCUT2D eigenvalue weighted by Crippen LogP contribution is 2.28. The monoisotopic (exact) mass is 272 g/mol. The molecule has 1 aromatic carbocycles. The van der Waals surface area contributed by atoms with E-state index in [2.05, 4.69) is 19.1 Å². The van der Waals surface area contributed by atoms with Crippen LogP contribution in [0.3, 0.4) is 0 Å². The fraction of sp³-hybridized carbons (Fsp3) is 0.500. The van der Waals surface area contributed by atoms with Gasteiger partial charge in [-0.05, 0) is 30.7 Å². The normalized spacial score (nSPS) is 23.4. The molecule has 0 unspecified atom stereocenters. The number of hydrogen-bond acceptors (Lipinski definition) is 2. The van der Waals surface area contributed by atoms with E-state index in [1.54, 1.807) is 4.90 Å². The zero-order chi connectivity index (χ0) is 14.1. The summed E-state index contributed by atoms with van der Waals surface area (Å²) in [7, 11) is 0. The predicted octanol–water partition coefficient (Wildman–Crippen LogP) is 2.61. The van der Waals surface area contributed by atoms with Crippen molar-refractivity contribution in [3.63, 3.8) is 0 Å². The summed E-state index contributed by atoms with van der Waals surface area (Å²) in [4.78, 5) is 27.6. The third-order valence-corrected chi connectivity index (χ3v) is 4.43. The van der Waals surface area contributed by atoms with Crippen LogP contribution in [0.4, 0.5) is 4.79 Å². The Bertz CT molecular complexity index is 492. The number of carbonyl (C=O) groups is 2. The van der Waals surface area contributed by atoms with Crippen molar-refractivity contribution in [1.29, 1.82) is 0 Å². The van der Waals surface area contributed by atoms with Gasteiger partial charge in [0.05, 0.1) is 0 Å². The average molecular weight is 272 g/mol. The lowest BCUT2D eigenvalue weighted by molar-refractivity contribution is -0.128. The standard InChI is InChI=1S/C16H20N2O2/c1-12(13-6-3-2-4-7-13)9-11-18-15(19)14-8-5-10-17(14)16(18)20/h2-4,6-7,12,14H,5,8-11H2,1H3/t12-,14+/m0/s1. The van der Waals surface area contributed by atoms with E-state index in [0.29, 0.717) is 12.5 Å². The van der Waals surface area contributed by atoms with Gasteiger partial charge >= 0.3 is 6.03 Å². The van der Waals surface area contributed by atoms with E-state index in [9.17, 15) is 9.59 Å². The lowest BCUT2D eigenvalue weighted by atomic mass is 9.98. The molecule has 0 N–H and O–H groups in total. The quantitative estimate of drug-likeness (QED) is 0.790. The van der Waals surface area contributed by atoms with Crippen LogP contribution < -0.4 is 0 Å². The minimum Gasteiger partial charge on any atom is -0.312 e. The van der Waals surface area contributed by atoms with Gasteiger partial charge in [0.25, 0.3) is 5.91 Å². The largest absolute Gasteiger partial charge is 0.327 e. The van der Waals surface area contributed by atoms with Gasteiger partial charge in [-0.1, -0.05) is 37.3 Å². The summed E-state index contributed by atoms with van der Waals surface area (Å²) in [6, 6.07) is 9.97. The Morgan fingerprint density at radius 3 is 2.70 bits per heavy atom. The van der Waals surface area contributed by atoms with Crippen LogP contribution in [0, 0.1) is 0 Å². The first-order valence-electron chi connectivity index (χ1n) is 7.35. The molecule has 0 radical (unpaired) electrons. The Kier molecular flexibility index (Phi) is 3.47. The van der Waals surface area contributed by atoms with E-state index in [1.165, 1.54) is 10.5 Å². The number of hydrogen-bond donors (Lipinski definition) is 0. The molecule has 20 heavy (non-hydrogen) atoms. The van der Waals surface area contributed by atoms with Crippen molar-refractivity contribution in [2.45, 2.75) is 38.1 Å². The molecular weight excluding hydrogens is 252 g/mol. The molecule has 0 aromatic heterocycles. The highest BCUT2D eigenvalue weighted by atomic mass is 16.2. The number of carbonyl (C=O) groups excluding carboxylic acids is 2. The highest BCUT2D eigenvalue weighted by Gasteiger charge is 2.46. The smallest absolute Gasteiger partial charge is 0.312 e. The molecule has 4 nitrogen and oxygen atoms in total. The molecule has 106 valence electrons. The van der Waals surface area contributed by atoms with E-state index in [-0.39, 0.29) is 18.0 Å². The molecule has 2 saturated heterocycles. The second-order valence-corrected chi connectivity index (χ2v) is 5.72. The van der Waals surface area contributed by atoms with Crippen molar-refractivity contribution in [1.82, 2.24) is 9.80 Å². The number of imide groups is 1. The zero-order valence-corrected chi connectivity index (χ0v) is 11.8. The van der Waals surface area contributed by atoms with Gasteiger partial charge in [0.15, 0.2) is 0 Å².